The minimum atomic E-state index is 0.209. The van der Waals surface area contributed by atoms with Crippen molar-refractivity contribution in [1.82, 2.24) is 4.90 Å². The molecule has 1 fully saturated rings. The third-order valence-electron chi connectivity index (χ3n) is 3.91. The highest BCUT2D eigenvalue weighted by Gasteiger charge is 2.26. The van der Waals surface area contributed by atoms with Crippen LogP contribution in [0.25, 0.3) is 0 Å². The summed E-state index contributed by atoms with van der Waals surface area (Å²) in [7, 11) is 1.68. The molecule has 0 aromatic heterocycles. The minimum Gasteiger partial charge on any atom is -0.383 e. The van der Waals surface area contributed by atoms with Crippen LogP contribution in [-0.4, -0.2) is 43.7 Å². The molecule has 0 radical (unpaired) electrons. The van der Waals surface area contributed by atoms with E-state index in [9.17, 15) is 4.79 Å². The molecule has 19 heavy (non-hydrogen) atoms. The van der Waals surface area contributed by atoms with Crippen molar-refractivity contribution in [3.63, 3.8) is 0 Å². The fourth-order valence-corrected chi connectivity index (χ4v) is 2.80. The highest BCUT2D eigenvalue weighted by atomic mass is 16.5. The van der Waals surface area contributed by atoms with Gasteiger partial charge in [0.2, 0.25) is 5.91 Å². The predicted octanol–water partition coefficient (Wildman–Crippen LogP) is 2.02. The molecule has 4 heteroatoms. The molecule has 0 aromatic rings. The van der Waals surface area contributed by atoms with Crippen molar-refractivity contribution < 1.29 is 9.53 Å². The molecule has 2 N–H and O–H groups in total. The van der Waals surface area contributed by atoms with Gasteiger partial charge in [-0.1, -0.05) is 26.7 Å². The van der Waals surface area contributed by atoms with Crippen LogP contribution < -0.4 is 5.73 Å². The van der Waals surface area contributed by atoms with E-state index in [0.29, 0.717) is 31.4 Å². The zero-order valence-electron chi connectivity index (χ0n) is 12.7. The molecule has 0 bridgehead atoms. The van der Waals surface area contributed by atoms with Crippen LogP contribution in [0.4, 0.5) is 0 Å². The molecule has 1 amide bonds. The summed E-state index contributed by atoms with van der Waals surface area (Å²) in [4.78, 5) is 14.4. The van der Waals surface area contributed by atoms with Crippen molar-refractivity contribution >= 4 is 5.91 Å². The summed E-state index contributed by atoms with van der Waals surface area (Å²) in [5.41, 5.74) is 6.13. The van der Waals surface area contributed by atoms with E-state index in [2.05, 4.69) is 13.8 Å². The second-order valence-electron chi connectivity index (χ2n) is 6.14. The summed E-state index contributed by atoms with van der Waals surface area (Å²) >= 11 is 0. The number of methoxy groups -OCH3 is 1. The lowest BCUT2D eigenvalue weighted by atomic mass is 9.82. The average Bonchev–Trinajstić information content (AvgIpc) is 2.36. The van der Waals surface area contributed by atoms with E-state index in [1.807, 2.05) is 4.90 Å². The van der Waals surface area contributed by atoms with Gasteiger partial charge < -0.3 is 15.4 Å². The molecule has 0 aliphatic heterocycles. The first kappa shape index (κ1) is 16.4. The van der Waals surface area contributed by atoms with Gasteiger partial charge in [-0.2, -0.15) is 0 Å². The molecule has 0 saturated heterocycles. The number of nitrogens with two attached hydrogens (primary N) is 1. The number of carbonyl (C=O) groups is 1. The third kappa shape index (κ3) is 5.91. The second kappa shape index (κ2) is 8.54. The van der Waals surface area contributed by atoms with Crippen LogP contribution in [0.5, 0.6) is 0 Å². The van der Waals surface area contributed by atoms with Gasteiger partial charge in [-0.25, -0.2) is 0 Å². The third-order valence-corrected chi connectivity index (χ3v) is 3.91. The van der Waals surface area contributed by atoms with E-state index < -0.39 is 0 Å². The largest absolute Gasteiger partial charge is 0.383 e. The SMILES string of the molecule is COCCN(CC(C)C)C(=O)CC1CCCCC1N. The standard InChI is InChI=1S/C15H30N2O2/c1-12(2)11-17(8-9-19-3)15(18)10-13-6-4-5-7-14(13)16/h12-14H,4-11,16H2,1-3H3. The zero-order valence-corrected chi connectivity index (χ0v) is 12.7. The molecular formula is C15H30N2O2. The topological polar surface area (TPSA) is 55.6 Å². The van der Waals surface area contributed by atoms with Crippen LogP contribution in [0, 0.1) is 11.8 Å². The lowest BCUT2D eigenvalue weighted by Crippen LogP contribution is -2.41. The fraction of sp³-hybridized carbons (Fsp3) is 0.933. The molecule has 2 atom stereocenters. The van der Waals surface area contributed by atoms with E-state index in [4.69, 9.17) is 10.5 Å². The number of ether oxygens (including phenoxy) is 1. The molecule has 0 spiro atoms. The summed E-state index contributed by atoms with van der Waals surface area (Å²) < 4.78 is 5.10. The second-order valence-corrected chi connectivity index (χ2v) is 6.14. The van der Waals surface area contributed by atoms with Crippen LogP contribution in [-0.2, 0) is 9.53 Å². The number of amides is 1. The monoisotopic (exact) mass is 270 g/mol. The first-order valence-corrected chi connectivity index (χ1v) is 7.57. The van der Waals surface area contributed by atoms with E-state index in [0.717, 1.165) is 19.4 Å². The number of hydrogen-bond acceptors (Lipinski definition) is 3. The number of carbonyl (C=O) groups excluding carboxylic acids is 1. The Balaban J connectivity index is 2.49. The van der Waals surface area contributed by atoms with Crippen LogP contribution in [0.15, 0.2) is 0 Å². The van der Waals surface area contributed by atoms with Gasteiger partial charge in [0, 0.05) is 32.7 Å². The van der Waals surface area contributed by atoms with Gasteiger partial charge in [0.05, 0.1) is 6.61 Å². The molecular weight excluding hydrogens is 240 g/mol. The van der Waals surface area contributed by atoms with Crippen LogP contribution in [0.3, 0.4) is 0 Å². The van der Waals surface area contributed by atoms with Crippen LogP contribution in [0.1, 0.15) is 46.0 Å². The average molecular weight is 270 g/mol. The van der Waals surface area contributed by atoms with Crippen molar-refractivity contribution in [1.29, 1.82) is 0 Å². The van der Waals surface area contributed by atoms with Gasteiger partial charge in [0.1, 0.15) is 0 Å². The van der Waals surface area contributed by atoms with Crippen molar-refractivity contribution in [3.8, 4) is 0 Å². The summed E-state index contributed by atoms with van der Waals surface area (Å²) in [6, 6.07) is 0.209. The Morgan fingerprint density at radius 1 is 1.37 bits per heavy atom. The van der Waals surface area contributed by atoms with Gasteiger partial charge in [0.25, 0.3) is 0 Å². The molecule has 0 heterocycles. The molecule has 2 unspecified atom stereocenters. The summed E-state index contributed by atoms with van der Waals surface area (Å²) in [5, 5.41) is 0. The van der Waals surface area contributed by atoms with E-state index >= 15 is 0 Å². The van der Waals surface area contributed by atoms with Crippen LogP contribution >= 0.6 is 0 Å². The first-order valence-electron chi connectivity index (χ1n) is 7.57. The molecule has 0 aromatic carbocycles. The lowest BCUT2D eigenvalue weighted by molar-refractivity contribution is -0.133. The summed E-state index contributed by atoms with van der Waals surface area (Å²) in [5.74, 6) is 1.10. The Labute approximate surface area is 117 Å². The van der Waals surface area contributed by atoms with E-state index in [-0.39, 0.29) is 11.9 Å². The number of rotatable bonds is 7. The van der Waals surface area contributed by atoms with Crippen molar-refractivity contribution in [3.05, 3.63) is 0 Å². The number of nitrogens with zero attached hydrogens (tertiary/aromatic N) is 1. The van der Waals surface area contributed by atoms with Gasteiger partial charge in [-0.05, 0) is 24.7 Å². The maximum absolute atomic E-state index is 12.4. The maximum atomic E-state index is 12.4. The minimum absolute atomic E-state index is 0.209. The molecule has 1 rings (SSSR count). The van der Waals surface area contributed by atoms with Crippen molar-refractivity contribution in [2.75, 3.05) is 26.8 Å². The van der Waals surface area contributed by atoms with Gasteiger partial charge in [-0.3, -0.25) is 4.79 Å². The molecule has 1 saturated carbocycles. The number of hydrogen-bond donors (Lipinski definition) is 1. The summed E-state index contributed by atoms with van der Waals surface area (Å²) in [6.07, 6.45) is 5.21. The molecule has 4 nitrogen and oxygen atoms in total. The normalized spacial score (nSPS) is 23.6. The molecule has 112 valence electrons. The Hall–Kier alpha value is -0.610. The van der Waals surface area contributed by atoms with Gasteiger partial charge in [-0.15, -0.1) is 0 Å². The Kier molecular flexibility index (Phi) is 7.39. The Morgan fingerprint density at radius 2 is 2.05 bits per heavy atom. The Bertz CT molecular complexity index is 269. The predicted molar refractivity (Wildman–Crippen MR) is 77.8 cm³/mol. The van der Waals surface area contributed by atoms with Crippen molar-refractivity contribution in [2.45, 2.75) is 52.0 Å². The van der Waals surface area contributed by atoms with Gasteiger partial charge in [0.15, 0.2) is 0 Å². The maximum Gasteiger partial charge on any atom is 0.222 e. The Morgan fingerprint density at radius 3 is 2.63 bits per heavy atom. The summed E-state index contributed by atoms with van der Waals surface area (Å²) in [6.45, 7) is 6.38. The van der Waals surface area contributed by atoms with E-state index in [1.54, 1.807) is 7.11 Å². The van der Waals surface area contributed by atoms with E-state index in [1.165, 1.54) is 12.8 Å². The fourth-order valence-electron chi connectivity index (χ4n) is 2.80. The lowest BCUT2D eigenvalue weighted by Gasteiger charge is -2.31. The highest BCUT2D eigenvalue weighted by Crippen LogP contribution is 2.26. The first-order chi connectivity index (χ1) is 9.04. The smallest absolute Gasteiger partial charge is 0.222 e. The van der Waals surface area contributed by atoms with Crippen molar-refractivity contribution in [2.24, 2.45) is 17.6 Å². The zero-order chi connectivity index (χ0) is 14.3. The highest BCUT2D eigenvalue weighted by molar-refractivity contribution is 5.76. The van der Waals surface area contributed by atoms with Gasteiger partial charge >= 0.3 is 0 Å². The molecule has 1 aliphatic carbocycles. The quantitative estimate of drug-likeness (QED) is 0.770. The molecule has 1 aliphatic rings. The van der Waals surface area contributed by atoms with Crippen LogP contribution in [0.2, 0.25) is 0 Å².